The summed E-state index contributed by atoms with van der Waals surface area (Å²) in [6, 6.07) is 8.73. The summed E-state index contributed by atoms with van der Waals surface area (Å²) in [5.41, 5.74) is 0.929. The first kappa shape index (κ1) is 17.4. The van der Waals surface area contributed by atoms with Crippen LogP contribution in [0.5, 0.6) is 0 Å². The molecule has 2 aromatic rings. The van der Waals surface area contributed by atoms with Crippen molar-refractivity contribution in [1.82, 2.24) is 5.32 Å². The monoisotopic (exact) mass is 359 g/mol. The fourth-order valence-electron chi connectivity index (χ4n) is 3.13. The smallest absolute Gasteiger partial charge is 0.293 e. The molecule has 1 fully saturated rings. The number of nitrogens with zero attached hydrogens (tertiary/aromatic N) is 2. The average Bonchev–Trinajstić information content (AvgIpc) is 3.27. The molecule has 1 aliphatic rings. The van der Waals surface area contributed by atoms with Gasteiger partial charge in [0.15, 0.2) is 0 Å². The third kappa shape index (κ3) is 4.17. The zero-order valence-electron chi connectivity index (χ0n) is 14.1. The molecule has 2 heterocycles. The summed E-state index contributed by atoms with van der Waals surface area (Å²) in [5, 5.41) is 16.4. The van der Waals surface area contributed by atoms with Crippen LogP contribution in [0.2, 0.25) is 0 Å². The molecule has 6 nitrogen and oxygen atoms in total. The van der Waals surface area contributed by atoms with Crippen LogP contribution in [0, 0.1) is 10.1 Å². The zero-order chi connectivity index (χ0) is 17.8. The van der Waals surface area contributed by atoms with Crippen molar-refractivity contribution in [2.24, 2.45) is 0 Å². The van der Waals surface area contributed by atoms with Crippen molar-refractivity contribution in [3.8, 4) is 0 Å². The van der Waals surface area contributed by atoms with E-state index in [9.17, 15) is 14.9 Å². The van der Waals surface area contributed by atoms with E-state index in [1.807, 2.05) is 29.3 Å². The third-order valence-corrected chi connectivity index (χ3v) is 5.24. The highest BCUT2D eigenvalue weighted by molar-refractivity contribution is 7.09. The van der Waals surface area contributed by atoms with Crippen molar-refractivity contribution in [2.75, 3.05) is 18.0 Å². The molecule has 0 radical (unpaired) electrons. The Kier molecular flexibility index (Phi) is 5.33. The van der Waals surface area contributed by atoms with Gasteiger partial charge in [-0.2, -0.15) is 0 Å². The van der Waals surface area contributed by atoms with Crippen LogP contribution in [0.25, 0.3) is 0 Å². The number of anilines is 1. The standard InChI is InChI=1S/C18H21N3O3S/c1-13(11-15-5-4-10-25-15)19-18(22)14-6-7-16(17(12-14)21(23)24)20-8-2-3-9-20/h4-7,10,12-13H,2-3,8-9,11H2,1H3,(H,19,22). The molecule has 1 saturated heterocycles. The molecule has 0 aliphatic carbocycles. The molecule has 7 heteroatoms. The summed E-state index contributed by atoms with van der Waals surface area (Å²) in [4.78, 5) is 26.7. The van der Waals surface area contributed by atoms with Gasteiger partial charge in [0.25, 0.3) is 11.6 Å². The van der Waals surface area contributed by atoms with Gasteiger partial charge in [-0.15, -0.1) is 11.3 Å². The maximum absolute atomic E-state index is 12.4. The van der Waals surface area contributed by atoms with E-state index >= 15 is 0 Å². The molecule has 1 aliphatic heterocycles. The predicted molar refractivity (Wildman–Crippen MR) is 99.5 cm³/mol. The number of nitro groups is 1. The minimum absolute atomic E-state index is 0.000426. The fourth-order valence-corrected chi connectivity index (χ4v) is 3.96. The molecule has 0 bridgehead atoms. The predicted octanol–water partition coefficient (Wildman–Crippen LogP) is 3.62. The lowest BCUT2D eigenvalue weighted by Gasteiger charge is -2.18. The number of carbonyl (C=O) groups excluding carboxylic acids is 1. The van der Waals surface area contributed by atoms with Gasteiger partial charge in [-0.05, 0) is 43.3 Å². The number of hydrogen-bond donors (Lipinski definition) is 1. The van der Waals surface area contributed by atoms with Crippen LogP contribution >= 0.6 is 11.3 Å². The first-order chi connectivity index (χ1) is 12.0. The van der Waals surface area contributed by atoms with Crippen LogP contribution in [-0.2, 0) is 6.42 Å². The number of carbonyl (C=O) groups is 1. The molecule has 1 atom stereocenters. The summed E-state index contributed by atoms with van der Waals surface area (Å²) in [6.07, 6.45) is 2.83. The van der Waals surface area contributed by atoms with Gasteiger partial charge in [0, 0.05) is 42.1 Å². The number of hydrogen-bond acceptors (Lipinski definition) is 5. The van der Waals surface area contributed by atoms with Crippen molar-refractivity contribution < 1.29 is 9.72 Å². The number of benzene rings is 1. The molecular weight excluding hydrogens is 338 g/mol. The van der Waals surface area contributed by atoms with Gasteiger partial charge in [0.2, 0.25) is 0 Å². The van der Waals surface area contributed by atoms with Crippen LogP contribution < -0.4 is 10.2 Å². The normalized spacial score (nSPS) is 15.2. The van der Waals surface area contributed by atoms with Gasteiger partial charge in [-0.3, -0.25) is 14.9 Å². The Balaban J connectivity index is 1.73. The molecule has 0 spiro atoms. The second-order valence-electron chi connectivity index (χ2n) is 6.31. The molecule has 3 rings (SSSR count). The molecule has 1 unspecified atom stereocenters. The SMILES string of the molecule is CC(Cc1cccs1)NC(=O)c1ccc(N2CCCC2)c([N+](=O)[O-])c1. The van der Waals surface area contributed by atoms with Crippen molar-refractivity contribution in [3.05, 3.63) is 56.3 Å². The Morgan fingerprint density at radius 2 is 2.12 bits per heavy atom. The average molecular weight is 359 g/mol. The molecule has 0 saturated carbocycles. The van der Waals surface area contributed by atoms with Crippen LogP contribution in [0.4, 0.5) is 11.4 Å². The largest absolute Gasteiger partial charge is 0.366 e. The van der Waals surface area contributed by atoms with Crippen LogP contribution in [-0.4, -0.2) is 30.0 Å². The Bertz CT molecular complexity index is 755. The van der Waals surface area contributed by atoms with Crippen LogP contribution in [0.15, 0.2) is 35.7 Å². The van der Waals surface area contributed by atoms with E-state index in [2.05, 4.69) is 5.32 Å². The van der Waals surface area contributed by atoms with Crippen LogP contribution in [0.3, 0.4) is 0 Å². The van der Waals surface area contributed by atoms with Crippen LogP contribution in [0.1, 0.15) is 35.0 Å². The minimum Gasteiger partial charge on any atom is -0.366 e. The Morgan fingerprint density at radius 1 is 1.36 bits per heavy atom. The maximum Gasteiger partial charge on any atom is 0.293 e. The van der Waals surface area contributed by atoms with E-state index in [1.165, 1.54) is 10.9 Å². The lowest BCUT2D eigenvalue weighted by Crippen LogP contribution is -2.34. The third-order valence-electron chi connectivity index (χ3n) is 4.35. The molecule has 1 N–H and O–H groups in total. The van der Waals surface area contributed by atoms with Crippen molar-refractivity contribution in [2.45, 2.75) is 32.2 Å². The van der Waals surface area contributed by atoms with E-state index in [4.69, 9.17) is 0 Å². The van der Waals surface area contributed by atoms with E-state index in [1.54, 1.807) is 23.5 Å². The highest BCUT2D eigenvalue weighted by Gasteiger charge is 2.24. The second-order valence-corrected chi connectivity index (χ2v) is 7.35. The highest BCUT2D eigenvalue weighted by Crippen LogP contribution is 2.31. The molecule has 1 amide bonds. The summed E-state index contributed by atoms with van der Waals surface area (Å²) in [6.45, 7) is 3.58. The zero-order valence-corrected chi connectivity index (χ0v) is 14.9. The quantitative estimate of drug-likeness (QED) is 0.631. The van der Waals surface area contributed by atoms with Crippen molar-refractivity contribution in [1.29, 1.82) is 0 Å². The Morgan fingerprint density at radius 3 is 2.76 bits per heavy atom. The minimum atomic E-state index is -0.403. The fraction of sp³-hybridized carbons (Fsp3) is 0.389. The molecule has 1 aromatic heterocycles. The summed E-state index contributed by atoms with van der Waals surface area (Å²) < 4.78 is 0. The van der Waals surface area contributed by atoms with Crippen molar-refractivity contribution >= 4 is 28.6 Å². The topological polar surface area (TPSA) is 75.5 Å². The van der Waals surface area contributed by atoms with E-state index in [-0.39, 0.29) is 17.6 Å². The number of thiophene rings is 1. The molecule has 132 valence electrons. The summed E-state index contributed by atoms with van der Waals surface area (Å²) in [7, 11) is 0. The number of nitro benzene ring substituents is 1. The highest BCUT2D eigenvalue weighted by atomic mass is 32.1. The lowest BCUT2D eigenvalue weighted by atomic mass is 10.1. The van der Waals surface area contributed by atoms with Crippen molar-refractivity contribution in [3.63, 3.8) is 0 Å². The lowest BCUT2D eigenvalue weighted by molar-refractivity contribution is -0.384. The summed E-state index contributed by atoms with van der Waals surface area (Å²) in [5.74, 6) is -0.278. The number of amides is 1. The van der Waals surface area contributed by atoms with Gasteiger partial charge in [0.1, 0.15) is 5.69 Å². The molecule has 25 heavy (non-hydrogen) atoms. The summed E-state index contributed by atoms with van der Waals surface area (Å²) >= 11 is 1.65. The van der Waals surface area contributed by atoms with E-state index in [0.29, 0.717) is 11.3 Å². The maximum atomic E-state index is 12.4. The van der Waals surface area contributed by atoms with E-state index in [0.717, 1.165) is 32.4 Å². The first-order valence-electron chi connectivity index (χ1n) is 8.41. The van der Waals surface area contributed by atoms with Gasteiger partial charge in [-0.25, -0.2) is 0 Å². The van der Waals surface area contributed by atoms with E-state index < -0.39 is 4.92 Å². The number of nitrogens with one attached hydrogen (secondary N) is 1. The van der Waals surface area contributed by atoms with Gasteiger partial charge < -0.3 is 10.2 Å². The Labute approximate surface area is 150 Å². The number of rotatable bonds is 6. The molecular formula is C18H21N3O3S. The molecule has 1 aromatic carbocycles. The van der Waals surface area contributed by atoms with Gasteiger partial charge in [-0.1, -0.05) is 6.07 Å². The Hall–Kier alpha value is -2.41. The first-order valence-corrected chi connectivity index (χ1v) is 9.29. The van der Waals surface area contributed by atoms with Gasteiger partial charge in [0.05, 0.1) is 4.92 Å². The second kappa shape index (κ2) is 7.65. The van der Waals surface area contributed by atoms with Gasteiger partial charge >= 0.3 is 0 Å².